The molecular formula is C9H17O5. The highest BCUT2D eigenvalue weighted by Gasteiger charge is 2.22. The molecule has 14 heavy (non-hydrogen) atoms. The van der Waals surface area contributed by atoms with Gasteiger partial charge in [0.05, 0.1) is 13.2 Å². The lowest BCUT2D eigenvalue weighted by Crippen LogP contribution is -2.36. The average molecular weight is 205 g/mol. The van der Waals surface area contributed by atoms with Gasteiger partial charge < -0.3 is 19.7 Å². The van der Waals surface area contributed by atoms with Gasteiger partial charge in [0.2, 0.25) is 6.29 Å². The maximum atomic E-state index is 11.0. The van der Waals surface area contributed by atoms with E-state index in [9.17, 15) is 9.90 Å². The highest BCUT2D eigenvalue weighted by molar-refractivity contribution is 5.69. The Bertz CT molecular complexity index is 159. The molecular weight excluding hydrogens is 188 g/mol. The monoisotopic (exact) mass is 205 g/mol. The van der Waals surface area contributed by atoms with Crippen LogP contribution in [0.5, 0.6) is 0 Å². The molecule has 0 aliphatic carbocycles. The molecule has 83 valence electrons. The second kappa shape index (κ2) is 7.73. The summed E-state index contributed by atoms with van der Waals surface area (Å²) in [5.41, 5.74) is 0. The fourth-order valence-electron chi connectivity index (χ4n) is 0.818. The van der Waals surface area contributed by atoms with Crippen LogP contribution in [0.4, 0.5) is 0 Å². The van der Waals surface area contributed by atoms with Crippen molar-refractivity contribution in [1.82, 2.24) is 0 Å². The van der Waals surface area contributed by atoms with Gasteiger partial charge in [-0.3, -0.25) is 4.79 Å². The molecule has 0 aliphatic heterocycles. The standard InChI is InChI=1S/C9H17O5/c1-3-5-8(12)14-9(13-4-2)7(11)6-10/h7,9-11H,2-6H2,1H3. The Kier molecular flexibility index (Phi) is 7.37. The van der Waals surface area contributed by atoms with Gasteiger partial charge in [-0.05, 0) is 13.3 Å². The summed E-state index contributed by atoms with van der Waals surface area (Å²) in [6.45, 7) is 4.76. The summed E-state index contributed by atoms with van der Waals surface area (Å²) in [5.74, 6) is -0.460. The fourth-order valence-corrected chi connectivity index (χ4v) is 0.818. The van der Waals surface area contributed by atoms with Crippen molar-refractivity contribution in [3.05, 3.63) is 6.92 Å². The van der Waals surface area contributed by atoms with Crippen molar-refractivity contribution in [2.45, 2.75) is 32.2 Å². The topological polar surface area (TPSA) is 76.0 Å². The van der Waals surface area contributed by atoms with Gasteiger partial charge in [0.15, 0.2) is 0 Å². The second-order valence-electron chi connectivity index (χ2n) is 2.73. The lowest BCUT2D eigenvalue weighted by atomic mass is 10.3. The van der Waals surface area contributed by atoms with E-state index in [2.05, 4.69) is 6.92 Å². The van der Waals surface area contributed by atoms with Gasteiger partial charge in [0.25, 0.3) is 0 Å². The quantitative estimate of drug-likeness (QED) is 0.447. The van der Waals surface area contributed by atoms with Crippen LogP contribution in [0, 0.1) is 6.92 Å². The first-order valence-corrected chi connectivity index (χ1v) is 4.54. The molecule has 0 fully saturated rings. The molecule has 2 unspecified atom stereocenters. The summed E-state index contributed by atoms with van der Waals surface area (Å²) in [4.78, 5) is 11.0. The highest BCUT2D eigenvalue weighted by Crippen LogP contribution is 2.04. The minimum atomic E-state index is -1.22. The summed E-state index contributed by atoms with van der Waals surface area (Å²) in [6.07, 6.45) is -1.44. The van der Waals surface area contributed by atoms with E-state index in [0.717, 1.165) is 0 Å². The van der Waals surface area contributed by atoms with Crippen molar-refractivity contribution in [2.24, 2.45) is 0 Å². The largest absolute Gasteiger partial charge is 0.433 e. The molecule has 5 heteroatoms. The Morgan fingerprint density at radius 3 is 2.64 bits per heavy atom. The first-order valence-electron chi connectivity index (χ1n) is 4.54. The molecule has 0 bridgehead atoms. The molecule has 0 aromatic rings. The number of esters is 1. The summed E-state index contributed by atoms with van der Waals surface area (Å²) >= 11 is 0. The van der Waals surface area contributed by atoms with E-state index < -0.39 is 25.0 Å². The van der Waals surface area contributed by atoms with Gasteiger partial charge in [-0.2, -0.15) is 0 Å². The molecule has 2 atom stereocenters. The number of carbonyl (C=O) groups is 1. The predicted octanol–water partition coefficient (Wildman–Crippen LogP) is -0.140. The van der Waals surface area contributed by atoms with E-state index >= 15 is 0 Å². The molecule has 5 nitrogen and oxygen atoms in total. The van der Waals surface area contributed by atoms with Crippen LogP contribution in [-0.4, -0.2) is 41.8 Å². The number of aliphatic hydroxyl groups excluding tert-OH is 2. The molecule has 0 saturated heterocycles. The summed E-state index contributed by atoms with van der Waals surface area (Å²) in [6, 6.07) is 0. The third-order valence-corrected chi connectivity index (χ3v) is 1.49. The molecule has 0 aromatic heterocycles. The summed E-state index contributed by atoms with van der Waals surface area (Å²) in [7, 11) is 0. The van der Waals surface area contributed by atoms with E-state index in [1.54, 1.807) is 0 Å². The van der Waals surface area contributed by atoms with Crippen LogP contribution in [0.1, 0.15) is 19.8 Å². The lowest BCUT2D eigenvalue weighted by molar-refractivity contribution is -0.204. The minimum absolute atomic E-state index is 0.0567. The third kappa shape index (κ3) is 5.16. The third-order valence-electron chi connectivity index (χ3n) is 1.49. The molecule has 0 aliphatic rings. The molecule has 0 heterocycles. The molecule has 2 N–H and O–H groups in total. The second-order valence-corrected chi connectivity index (χ2v) is 2.73. The van der Waals surface area contributed by atoms with Crippen LogP contribution in [0.2, 0.25) is 0 Å². The maximum Gasteiger partial charge on any atom is 0.308 e. The number of hydrogen-bond donors (Lipinski definition) is 2. The smallest absolute Gasteiger partial charge is 0.308 e. The molecule has 0 saturated carbocycles. The van der Waals surface area contributed by atoms with Crippen LogP contribution in [-0.2, 0) is 14.3 Å². The minimum Gasteiger partial charge on any atom is -0.433 e. The van der Waals surface area contributed by atoms with Gasteiger partial charge >= 0.3 is 5.97 Å². The van der Waals surface area contributed by atoms with Crippen LogP contribution in [0.15, 0.2) is 0 Å². The number of hydrogen-bond acceptors (Lipinski definition) is 5. The zero-order valence-corrected chi connectivity index (χ0v) is 8.31. The first-order chi connectivity index (χ1) is 6.65. The van der Waals surface area contributed by atoms with Crippen LogP contribution in [0.3, 0.4) is 0 Å². The summed E-state index contributed by atoms with van der Waals surface area (Å²) in [5, 5.41) is 17.8. The van der Waals surface area contributed by atoms with Crippen molar-refractivity contribution < 1.29 is 24.5 Å². The van der Waals surface area contributed by atoms with Crippen molar-refractivity contribution in [3.8, 4) is 0 Å². The molecule has 1 radical (unpaired) electrons. The van der Waals surface area contributed by atoms with E-state index in [4.69, 9.17) is 14.6 Å². The number of aliphatic hydroxyl groups is 2. The molecule has 0 aromatic carbocycles. The zero-order valence-electron chi connectivity index (χ0n) is 8.31. The summed E-state index contributed by atoms with van der Waals surface area (Å²) < 4.78 is 9.62. The highest BCUT2D eigenvalue weighted by atomic mass is 16.7. The van der Waals surface area contributed by atoms with Crippen LogP contribution < -0.4 is 0 Å². The van der Waals surface area contributed by atoms with E-state index in [0.29, 0.717) is 6.42 Å². The SMILES string of the molecule is [CH2]COC(OC(=O)CCC)C(O)CO. The van der Waals surface area contributed by atoms with Crippen LogP contribution >= 0.6 is 0 Å². The zero-order chi connectivity index (χ0) is 11.0. The first kappa shape index (κ1) is 13.4. The van der Waals surface area contributed by atoms with Gasteiger partial charge in [-0.1, -0.05) is 6.92 Å². The van der Waals surface area contributed by atoms with Crippen molar-refractivity contribution in [3.63, 3.8) is 0 Å². The fraction of sp³-hybridized carbons (Fsp3) is 0.778. The van der Waals surface area contributed by atoms with Gasteiger partial charge in [-0.25, -0.2) is 0 Å². The Hall–Kier alpha value is -0.650. The predicted molar refractivity (Wildman–Crippen MR) is 49.2 cm³/mol. The molecule has 0 rings (SSSR count). The molecule has 0 spiro atoms. The number of rotatable bonds is 7. The van der Waals surface area contributed by atoms with Gasteiger partial charge in [-0.15, -0.1) is 0 Å². The van der Waals surface area contributed by atoms with E-state index in [-0.39, 0.29) is 13.0 Å². The normalized spacial score (nSPS) is 14.9. The molecule has 0 amide bonds. The van der Waals surface area contributed by atoms with Crippen molar-refractivity contribution >= 4 is 5.97 Å². The Morgan fingerprint density at radius 2 is 2.21 bits per heavy atom. The van der Waals surface area contributed by atoms with Crippen LogP contribution in [0.25, 0.3) is 0 Å². The van der Waals surface area contributed by atoms with E-state index in [1.165, 1.54) is 0 Å². The maximum absolute atomic E-state index is 11.0. The van der Waals surface area contributed by atoms with E-state index in [1.807, 2.05) is 6.92 Å². The van der Waals surface area contributed by atoms with Crippen molar-refractivity contribution in [2.75, 3.05) is 13.2 Å². The Labute approximate surface area is 83.6 Å². The van der Waals surface area contributed by atoms with Gasteiger partial charge in [0.1, 0.15) is 6.10 Å². The lowest BCUT2D eigenvalue weighted by Gasteiger charge is -2.21. The Morgan fingerprint density at radius 1 is 1.57 bits per heavy atom. The Balaban J connectivity index is 4.01. The average Bonchev–Trinajstić information content (AvgIpc) is 2.16. The van der Waals surface area contributed by atoms with Crippen molar-refractivity contribution in [1.29, 1.82) is 0 Å². The number of carbonyl (C=O) groups excluding carboxylic acids is 1. The number of ether oxygens (including phenoxy) is 2. The van der Waals surface area contributed by atoms with Gasteiger partial charge in [0, 0.05) is 6.42 Å².